The number of halogens is 3. The molecule has 4 rings (SSSR count). The van der Waals surface area contributed by atoms with Crippen LogP contribution in [0.4, 0.5) is 13.2 Å². The normalized spacial score (nSPS) is 16.4. The molecule has 1 amide bonds. The second kappa shape index (κ2) is 9.82. The zero-order valence-electron chi connectivity index (χ0n) is 19.0. The van der Waals surface area contributed by atoms with Gasteiger partial charge in [0.1, 0.15) is 6.04 Å². The number of aromatic amines is 1. The number of rotatable bonds is 7. The summed E-state index contributed by atoms with van der Waals surface area (Å²) in [6, 6.07) is 12.9. The lowest BCUT2D eigenvalue weighted by molar-refractivity contribution is -0.137. The predicted octanol–water partition coefficient (Wildman–Crippen LogP) is 4.00. The molecule has 0 saturated heterocycles. The Bertz CT molecular complexity index is 1290. The number of carbonyl (C=O) groups is 1. The number of sulfonamides is 1. The van der Waals surface area contributed by atoms with Gasteiger partial charge >= 0.3 is 6.18 Å². The summed E-state index contributed by atoms with van der Waals surface area (Å²) in [5, 5.41) is 0. The largest absolute Gasteiger partial charge is 0.416 e. The van der Waals surface area contributed by atoms with Crippen LogP contribution in [0.5, 0.6) is 0 Å². The molecule has 1 unspecified atom stereocenters. The van der Waals surface area contributed by atoms with Crippen LogP contribution >= 0.6 is 0 Å². The summed E-state index contributed by atoms with van der Waals surface area (Å²) in [5.41, 5.74) is 1.67. The smallest absolute Gasteiger partial charge is 0.348 e. The Balaban J connectivity index is 1.43. The van der Waals surface area contributed by atoms with Gasteiger partial charge in [0, 0.05) is 38.7 Å². The second-order valence-corrected chi connectivity index (χ2v) is 10.4. The SMILES string of the molecule is CN(CCCC(=O)N1CCc2[nH]cnc2C1c1ccccc1)S(=O)(=O)c1cccc(C(F)(F)F)c1. The minimum atomic E-state index is -4.64. The van der Waals surface area contributed by atoms with Crippen molar-refractivity contribution in [3.8, 4) is 0 Å². The predicted molar refractivity (Wildman–Crippen MR) is 123 cm³/mol. The van der Waals surface area contributed by atoms with E-state index in [1.165, 1.54) is 7.05 Å². The number of nitrogens with zero attached hydrogens (tertiary/aromatic N) is 3. The summed E-state index contributed by atoms with van der Waals surface area (Å²) >= 11 is 0. The highest BCUT2D eigenvalue weighted by molar-refractivity contribution is 7.89. The number of amides is 1. The van der Waals surface area contributed by atoms with Crippen LogP contribution in [0.25, 0.3) is 0 Å². The lowest BCUT2D eigenvalue weighted by Gasteiger charge is -2.35. The molecule has 7 nitrogen and oxygen atoms in total. The van der Waals surface area contributed by atoms with E-state index in [0.717, 1.165) is 39.5 Å². The first kappa shape index (κ1) is 24.9. The molecule has 0 saturated carbocycles. The summed E-state index contributed by atoms with van der Waals surface area (Å²) in [4.78, 5) is 22.0. The Morgan fingerprint density at radius 2 is 1.91 bits per heavy atom. The van der Waals surface area contributed by atoms with E-state index in [9.17, 15) is 26.4 Å². The molecule has 0 aliphatic carbocycles. The fourth-order valence-corrected chi connectivity index (χ4v) is 5.50. The van der Waals surface area contributed by atoms with E-state index < -0.39 is 26.7 Å². The minimum Gasteiger partial charge on any atom is -0.348 e. The fraction of sp³-hybridized carbons (Fsp3) is 0.333. The first-order chi connectivity index (χ1) is 16.6. The zero-order chi connectivity index (χ0) is 25.2. The lowest BCUT2D eigenvalue weighted by atomic mass is 9.95. The average Bonchev–Trinajstić information content (AvgIpc) is 3.32. The first-order valence-electron chi connectivity index (χ1n) is 11.1. The second-order valence-electron chi connectivity index (χ2n) is 8.37. The molecule has 1 atom stereocenters. The summed E-state index contributed by atoms with van der Waals surface area (Å²) in [6.07, 6.45) is -2.09. The van der Waals surface area contributed by atoms with Gasteiger partial charge in [0.15, 0.2) is 0 Å². The van der Waals surface area contributed by atoms with Gasteiger partial charge in [-0.2, -0.15) is 13.2 Å². The van der Waals surface area contributed by atoms with Crippen molar-refractivity contribution in [3.05, 3.63) is 83.4 Å². The van der Waals surface area contributed by atoms with Crippen LogP contribution in [0.2, 0.25) is 0 Å². The van der Waals surface area contributed by atoms with Crippen LogP contribution in [-0.2, 0) is 27.4 Å². The Morgan fingerprint density at radius 3 is 2.63 bits per heavy atom. The van der Waals surface area contributed by atoms with Crippen molar-refractivity contribution in [2.45, 2.75) is 36.4 Å². The molecule has 0 spiro atoms. The molecule has 1 aromatic heterocycles. The van der Waals surface area contributed by atoms with Gasteiger partial charge in [-0.15, -0.1) is 0 Å². The van der Waals surface area contributed by atoms with Gasteiger partial charge in [0.05, 0.1) is 22.5 Å². The van der Waals surface area contributed by atoms with Crippen molar-refractivity contribution in [2.75, 3.05) is 20.1 Å². The van der Waals surface area contributed by atoms with Crippen LogP contribution in [0.15, 0.2) is 65.8 Å². The van der Waals surface area contributed by atoms with E-state index in [4.69, 9.17) is 0 Å². The number of alkyl halides is 3. The zero-order valence-corrected chi connectivity index (χ0v) is 19.8. The van der Waals surface area contributed by atoms with E-state index in [-0.39, 0.29) is 31.3 Å². The molecule has 11 heteroatoms. The van der Waals surface area contributed by atoms with Crippen molar-refractivity contribution in [1.82, 2.24) is 19.2 Å². The lowest BCUT2D eigenvalue weighted by Crippen LogP contribution is -2.41. The Labute approximate surface area is 201 Å². The van der Waals surface area contributed by atoms with Crippen molar-refractivity contribution >= 4 is 15.9 Å². The number of fused-ring (bicyclic) bond motifs is 1. The number of aromatic nitrogens is 2. The molecule has 35 heavy (non-hydrogen) atoms. The molecular weight excluding hydrogens is 481 g/mol. The van der Waals surface area contributed by atoms with Crippen molar-refractivity contribution < 1.29 is 26.4 Å². The van der Waals surface area contributed by atoms with Gasteiger partial charge in [-0.05, 0) is 30.2 Å². The molecule has 186 valence electrons. The fourth-order valence-electron chi connectivity index (χ4n) is 4.25. The molecule has 0 radical (unpaired) electrons. The third-order valence-corrected chi connectivity index (χ3v) is 7.95. The van der Waals surface area contributed by atoms with Gasteiger partial charge in [0.2, 0.25) is 15.9 Å². The average molecular weight is 507 g/mol. The van der Waals surface area contributed by atoms with Crippen molar-refractivity contribution in [3.63, 3.8) is 0 Å². The van der Waals surface area contributed by atoms with E-state index in [0.29, 0.717) is 19.0 Å². The van der Waals surface area contributed by atoms with E-state index in [1.807, 2.05) is 30.3 Å². The minimum absolute atomic E-state index is 0.0121. The quantitative estimate of drug-likeness (QED) is 0.525. The maximum Gasteiger partial charge on any atom is 0.416 e. The number of hydrogen-bond acceptors (Lipinski definition) is 4. The number of nitrogens with one attached hydrogen (secondary N) is 1. The molecular formula is C24H25F3N4O3S. The van der Waals surface area contributed by atoms with Crippen LogP contribution in [0.1, 0.15) is 41.4 Å². The summed E-state index contributed by atoms with van der Waals surface area (Å²) < 4.78 is 65.5. The van der Waals surface area contributed by atoms with E-state index in [1.54, 1.807) is 11.2 Å². The van der Waals surface area contributed by atoms with Crippen LogP contribution in [0.3, 0.4) is 0 Å². The van der Waals surface area contributed by atoms with Gasteiger partial charge in [-0.25, -0.2) is 17.7 Å². The summed E-state index contributed by atoms with van der Waals surface area (Å²) in [6.45, 7) is 0.480. The Morgan fingerprint density at radius 1 is 1.17 bits per heavy atom. The van der Waals surface area contributed by atoms with Crippen LogP contribution < -0.4 is 0 Å². The van der Waals surface area contributed by atoms with E-state index >= 15 is 0 Å². The summed E-state index contributed by atoms with van der Waals surface area (Å²) in [7, 11) is -2.84. The maximum atomic E-state index is 13.2. The van der Waals surface area contributed by atoms with Crippen LogP contribution in [0, 0.1) is 0 Å². The number of H-pyrrole nitrogens is 1. The van der Waals surface area contributed by atoms with Gasteiger partial charge in [0.25, 0.3) is 0 Å². The molecule has 3 aromatic rings. The highest BCUT2D eigenvalue weighted by Gasteiger charge is 2.34. The molecule has 2 heterocycles. The molecule has 0 fully saturated rings. The van der Waals surface area contributed by atoms with Crippen molar-refractivity contribution in [1.29, 1.82) is 0 Å². The van der Waals surface area contributed by atoms with Gasteiger partial charge < -0.3 is 9.88 Å². The van der Waals surface area contributed by atoms with Gasteiger partial charge in [-0.1, -0.05) is 36.4 Å². The molecule has 1 N–H and O–H groups in total. The van der Waals surface area contributed by atoms with E-state index in [2.05, 4.69) is 9.97 Å². The number of hydrogen-bond donors (Lipinski definition) is 1. The maximum absolute atomic E-state index is 13.2. The third-order valence-electron chi connectivity index (χ3n) is 6.09. The van der Waals surface area contributed by atoms with Gasteiger partial charge in [-0.3, -0.25) is 4.79 Å². The number of imidazole rings is 1. The highest BCUT2D eigenvalue weighted by Crippen LogP contribution is 2.34. The first-order valence-corrected chi connectivity index (χ1v) is 12.5. The number of carbonyl (C=O) groups excluding carboxylic acids is 1. The third kappa shape index (κ3) is 5.25. The molecule has 1 aliphatic rings. The standard InChI is InChI=1S/C24H25F3N4O3S/c1-30(35(33,34)19-10-5-9-18(15-19)24(25,26)27)13-6-11-21(32)31-14-12-20-22(29-16-28-20)23(31)17-7-3-2-4-8-17/h2-5,7-10,15-16,23H,6,11-14H2,1H3,(H,28,29). The monoisotopic (exact) mass is 506 g/mol. The topological polar surface area (TPSA) is 86.4 Å². The molecule has 0 bridgehead atoms. The molecule has 2 aromatic carbocycles. The van der Waals surface area contributed by atoms with Crippen molar-refractivity contribution in [2.24, 2.45) is 0 Å². The number of benzene rings is 2. The Hall–Kier alpha value is -3.18. The van der Waals surface area contributed by atoms with Crippen LogP contribution in [-0.4, -0.2) is 53.6 Å². The Kier molecular flexibility index (Phi) is 7.00. The highest BCUT2D eigenvalue weighted by atomic mass is 32.2. The summed E-state index contributed by atoms with van der Waals surface area (Å²) in [5.74, 6) is -0.141. The molecule has 1 aliphatic heterocycles.